The van der Waals surface area contributed by atoms with Crippen LogP contribution in [0.15, 0.2) is 22.6 Å². The van der Waals surface area contributed by atoms with Crippen LogP contribution >= 0.6 is 0 Å². The smallest absolute Gasteiger partial charge is 0.310 e. The number of para-hydroxylation sites is 1. The van der Waals surface area contributed by atoms with Crippen LogP contribution in [0.2, 0.25) is 0 Å². The molecule has 0 atom stereocenters. The van der Waals surface area contributed by atoms with E-state index in [-0.39, 0.29) is 11.5 Å². The number of anilines is 1. The molecule has 0 bridgehead atoms. The number of oxazole rings is 1. The lowest BCUT2D eigenvalue weighted by Crippen LogP contribution is -2.50. The zero-order valence-corrected chi connectivity index (χ0v) is 8.76. The standard InChI is InChI=1S/C11H9FN2O3/c12-7-2-1-3-8-9(7)13-11(17-8)14-4-6(5-14)10(15)16/h1-3,6H,4-5H2,(H,15,16). The van der Waals surface area contributed by atoms with Gasteiger partial charge in [-0.2, -0.15) is 4.98 Å². The summed E-state index contributed by atoms with van der Waals surface area (Å²) >= 11 is 0. The fraction of sp³-hybridized carbons (Fsp3) is 0.273. The average Bonchev–Trinajstić information content (AvgIpc) is 2.59. The molecular formula is C11H9FN2O3. The molecule has 0 aliphatic carbocycles. The molecule has 1 aromatic carbocycles. The summed E-state index contributed by atoms with van der Waals surface area (Å²) < 4.78 is 18.7. The number of aromatic nitrogens is 1. The number of carbonyl (C=O) groups is 1. The SMILES string of the molecule is O=C(O)C1CN(c2nc3c(F)cccc3o2)C1. The fourth-order valence-electron chi connectivity index (χ4n) is 1.83. The van der Waals surface area contributed by atoms with E-state index in [9.17, 15) is 9.18 Å². The Hall–Kier alpha value is -2.11. The number of fused-ring (bicyclic) bond motifs is 1. The summed E-state index contributed by atoms with van der Waals surface area (Å²) in [7, 11) is 0. The molecular weight excluding hydrogens is 227 g/mol. The van der Waals surface area contributed by atoms with Gasteiger partial charge in [0.1, 0.15) is 5.52 Å². The van der Waals surface area contributed by atoms with Crippen LogP contribution in [0.3, 0.4) is 0 Å². The summed E-state index contributed by atoms with van der Waals surface area (Å²) in [5.41, 5.74) is 0.556. The van der Waals surface area contributed by atoms with E-state index in [2.05, 4.69) is 4.98 Å². The van der Waals surface area contributed by atoms with E-state index in [0.717, 1.165) is 0 Å². The number of carboxylic acid groups (broad SMARTS) is 1. The number of aliphatic carboxylic acids is 1. The summed E-state index contributed by atoms with van der Waals surface area (Å²) in [6.45, 7) is 0.702. The Labute approximate surface area is 95.5 Å². The molecule has 0 unspecified atom stereocenters. The maximum absolute atomic E-state index is 13.4. The lowest BCUT2D eigenvalue weighted by atomic mass is 10.0. The highest BCUT2D eigenvalue weighted by Crippen LogP contribution is 2.28. The van der Waals surface area contributed by atoms with Gasteiger partial charge in [-0.15, -0.1) is 0 Å². The van der Waals surface area contributed by atoms with Crippen LogP contribution in [-0.4, -0.2) is 29.1 Å². The molecule has 17 heavy (non-hydrogen) atoms. The lowest BCUT2D eigenvalue weighted by molar-refractivity contribution is -0.142. The van der Waals surface area contributed by atoms with Crippen LogP contribution in [0.4, 0.5) is 10.4 Å². The minimum absolute atomic E-state index is 0.182. The van der Waals surface area contributed by atoms with Crippen LogP contribution in [0.25, 0.3) is 11.1 Å². The highest BCUT2D eigenvalue weighted by molar-refractivity contribution is 5.77. The highest BCUT2D eigenvalue weighted by Gasteiger charge is 2.35. The van der Waals surface area contributed by atoms with Crippen LogP contribution in [-0.2, 0) is 4.79 Å². The molecule has 0 amide bonds. The first-order valence-corrected chi connectivity index (χ1v) is 5.18. The van der Waals surface area contributed by atoms with E-state index >= 15 is 0 Å². The number of benzene rings is 1. The number of halogens is 1. The lowest BCUT2D eigenvalue weighted by Gasteiger charge is -2.35. The molecule has 0 spiro atoms. The van der Waals surface area contributed by atoms with Crippen molar-refractivity contribution in [2.24, 2.45) is 5.92 Å². The highest BCUT2D eigenvalue weighted by atomic mass is 19.1. The van der Waals surface area contributed by atoms with E-state index in [1.807, 2.05) is 0 Å². The van der Waals surface area contributed by atoms with Crippen LogP contribution in [0.1, 0.15) is 0 Å². The first-order valence-electron chi connectivity index (χ1n) is 5.18. The van der Waals surface area contributed by atoms with E-state index in [1.165, 1.54) is 6.07 Å². The Morgan fingerprint density at radius 1 is 1.53 bits per heavy atom. The van der Waals surface area contributed by atoms with Gasteiger partial charge in [-0.05, 0) is 12.1 Å². The predicted octanol–water partition coefficient (Wildman–Crippen LogP) is 1.49. The Kier molecular flexibility index (Phi) is 2.04. The second kappa shape index (κ2) is 3.44. The van der Waals surface area contributed by atoms with Crippen LogP contribution in [0, 0.1) is 11.7 Å². The molecule has 5 nitrogen and oxygen atoms in total. The largest absolute Gasteiger partial charge is 0.481 e. The molecule has 2 heterocycles. The third-order valence-corrected chi connectivity index (χ3v) is 2.86. The first kappa shape index (κ1) is 10.1. The van der Waals surface area contributed by atoms with Gasteiger partial charge in [0.15, 0.2) is 11.4 Å². The number of carboxylic acids is 1. The van der Waals surface area contributed by atoms with E-state index in [4.69, 9.17) is 9.52 Å². The fourth-order valence-corrected chi connectivity index (χ4v) is 1.83. The Balaban J connectivity index is 1.88. The molecule has 1 aliphatic rings. The van der Waals surface area contributed by atoms with E-state index < -0.39 is 17.7 Å². The van der Waals surface area contributed by atoms with Crippen molar-refractivity contribution in [3.8, 4) is 0 Å². The third-order valence-electron chi connectivity index (χ3n) is 2.86. The van der Waals surface area contributed by atoms with Gasteiger partial charge in [0.05, 0.1) is 5.92 Å². The average molecular weight is 236 g/mol. The second-order valence-electron chi connectivity index (χ2n) is 4.02. The minimum Gasteiger partial charge on any atom is -0.481 e. The van der Waals surface area contributed by atoms with Gasteiger partial charge >= 0.3 is 5.97 Å². The van der Waals surface area contributed by atoms with Gasteiger partial charge in [-0.25, -0.2) is 4.39 Å². The molecule has 1 N–H and O–H groups in total. The summed E-state index contributed by atoms with van der Waals surface area (Å²) in [6.07, 6.45) is 0. The van der Waals surface area contributed by atoms with Gasteiger partial charge in [-0.3, -0.25) is 4.79 Å². The van der Waals surface area contributed by atoms with Crippen LogP contribution < -0.4 is 4.90 Å². The number of rotatable bonds is 2. The molecule has 2 aromatic rings. The molecule has 1 aliphatic heterocycles. The monoisotopic (exact) mass is 236 g/mol. The molecule has 1 fully saturated rings. The maximum atomic E-state index is 13.4. The normalized spacial score (nSPS) is 16.2. The molecule has 1 saturated heterocycles. The molecule has 3 rings (SSSR count). The van der Waals surface area contributed by atoms with E-state index in [1.54, 1.807) is 17.0 Å². The van der Waals surface area contributed by atoms with Crippen molar-refractivity contribution in [3.63, 3.8) is 0 Å². The van der Waals surface area contributed by atoms with Gasteiger partial charge in [-0.1, -0.05) is 6.07 Å². The quantitative estimate of drug-likeness (QED) is 0.855. The van der Waals surface area contributed by atoms with E-state index in [0.29, 0.717) is 18.7 Å². The summed E-state index contributed by atoms with van der Waals surface area (Å²) in [4.78, 5) is 16.3. The summed E-state index contributed by atoms with van der Waals surface area (Å²) in [5.74, 6) is -1.66. The zero-order chi connectivity index (χ0) is 12.0. The number of nitrogens with zero attached hydrogens (tertiary/aromatic N) is 2. The van der Waals surface area contributed by atoms with Crippen LogP contribution in [0.5, 0.6) is 0 Å². The Morgan fingerprint density at radius 3 is 2.94 bits per heavy atom. The van der Waals surface area contributed by atoms with Crippen molar-refractivity contribution in [2.45, 2.75) is 0 Å². The maximum Gasteiger partial charge on any atom is 0.310 e. The zero-order valence-electron chi connectivity index (χ0n) is 8.76. The first-order chi connectivity index (χ1) is 8.15. The van der Waals surface area contributed by atoms with Crippen molar-refractivity contribution in [2.75, 3.05) is 18.0 Å². The predicted molar refractivity (Wildman–Crippen MR) is 57.3 cm³/mol. The van der Waals surface area contributed by atoms with Crippen molar-refractivity contribution >= 4 is 23.1 Å². The molecule has 1 aromatic heterocycles. The molecule has 0 radical (unpaired) electrons. The number of hydrogen-bond donors (Lipinski definition) is 1. The third kappa shape index (κ3) is 1.52. The number of hydrogen-bond acceptors (Lipinski definition) is 4. The van der Waals surface area contributed by atoms with Gasteiger partial charge in [0.2, 0.25) is 0 Å². The summed E-state index contributed by atoms with van der Waals surface area (Å²) in [5, 5.41) is 8.74. The second-order valence-corrected chi connectivity index (χ2v) is 4.02. The molecule has 6 heteroatoms. The Bertz CT molecular complexity index is 589. The van der Waals surface area contributed by atoms with Crippen molar-refractivity contribution in [3.05, 3.63) is 24.0 Å². The summed E-state index contributed by atoms with van der Waals surface area (Å²) in [6, 6.07) is 4.76. The van der Waals surface area contributed by atoms with Gasteiger partial charge in [0.25, 0.3) is 6.01 Å². The van der Waals surface area contributed by atoms with Crippen molar-refractivity contribution < 1.29 is 18.7 Å². The minimum atomic E-state index is -0.830. The Morgan fingerprint density at radius 2 is 2.29 bits per heavy atom. The van der Waals surface area contributed by atoms with Crippen molar-refractivity contribution in [1.82, 2.24) is 4.98 Å². The molecule has 0 saturated carbocycles. The van der Waals surface area contributed by atoms with Crippen molar-refractivity contribution in [1.29, 1.82) is 0 Å². The van der Waals surface area contributed by atoms with Gasteiger partial charge in [0, 0.05) is 13.1 Å². The topological polar surface area (TPSA) is 66.6 Å². The molecule has 88 valence electrons. The van der Waals surface area contributed by atoms with Gasteiger partial charge < -0.3 is 14.4 Å².